The molecule has 88 valence electrons. The first kappa shape index (κ1) is 12.1. The molecule has 1 saturated heterocycles. The third-order valence-corrected chi connectivity index (χ3v) is 3.87. The van der Waals surface area contributed by atoms with Gasteiger partial charge in [0.2, 0.25) is 0 Å². The molecule has 1 atom stereocenters. The molecule has 0 radical (unpaired) electrons. The number of piperidine rings is 1. The van der Waals surface area contributed by atoms with Crippen molar-refractivity contribution in [3.05, 3.63) is 34.3 Å². The lowest BCUT2D eigenvalue weighted by Gasteiger charge is -2.25. The maximum atomic E-state index is 6.24. The fourth-order valence-corrected chi connectivity index (χ4v) is 2.59. The van der Waals surface area contributed by atoms with Crippen molar-refractivity contribution in [1.29, 1.82) is 0 Å². The molecular weight excluding hydrogens is 264 g/mol. The van der Waals surface area contributed by atoms with Gasteiger partial charge in [-0.1, -0.05) is 28.1 Å². The van der Waals surface area contributed by atoms with Gasteiger partial charge in [-0.25, -0.2) is 0 Å². The standard InChI is InChI=1S/C13H19BrN2/c14-12-3-1-11(2-4-12)13(15)9-10-5-7-16-8-6-10/h1-4,10,13,16H,5-9,15H2. The number of halogens is 1. The minimum absolute atomic E-state index is 0.191. The number of rotatable bonds is 3. The molecule has 0 aliphatic carbocycles. The lowest BCUT2D eigenvalue weighted by Crippen LogP contribution is -2.29. The van der Waals surface area contributed by atoms with Gasteiger partial charge >= 0.3 is 0 Å². The lowest BCUT2D eigenvalue weighted by atomic mass is 9.89. The topological polar surface area (TPSA) is 38.0 Å². The summed E-state index contributed by atoms with van der Waals surface area (Å²) in [6.45, 7) is 2.30. The zero-order chi connectivity index (χ0) is 11.4. The van der Waals surface area contributed by atoms with Gasteiger partial charge in [0.15, 0.2) is 0 Å². The molecule has 1 fully saturated rings. The second-order valence-electron chi connectivity index (χ2n) is 4.59. The number of nitrogens with one attached hydrogen (secondary N) is 1. The Morgan fingerprint density at radius 3 is 2.50 bits per heavy atom. The Balaban J connectivity index is 1.91. The molecule has 1 aromatic carbocycles. The Morgan fingerprint density at radius 1 is 1.25 bits per heavy atom. The number of benzene rings is 1. The van der Waals surface area contributed by atoms with Crippen molar-refractivity contribution in [3.8, 4) is 0 Å². The summed E-state index contributed by atoms with van der Waals surface area (Å²) in [6, 6.07) is 8.57. The molecule has 2 nitrogen and oxygen atoms in total. The summed E-state index contributed by atoms with van der Waals surface area (Å²) in [7, 11) is 0. The van der Waals surface area contributed by atoms with Crippen LogP contribution >= 0.6 is 15.9 Å². The Morgan fingerprint density at radius 2 is 1.88 bits per heavy atom. The van der Waals surface area contributed by atoms with Gasteiger partial charge in [-0.3, -0.25) is 0 Å². The minimum atomic E-state index is 0.191. The predicted molar refractivity (Wildman–Crippen MR) is 71.3 cm³/mol. The van der Waals surface area contributed by atoms with Gasteiger partial charge in [0.1, 0.15) is 0 Å². The highest BCUT2D eigenvalue weighted by atomic mass is 79.9. The number of hydrogen-bond acceptors (Lipinski definition) is 2. The molecule has 3 heteroatoms. The first-order valence-electron chi connectivity index (χ1n) is 5.97. The molecule has 2 rings (SSSR count). The largest absolute Gasteiger partial charge is 0.324 e. The van der Waals surface area contributed by atoms with Crippen molar-refractivity contribution in [2.75, 3.05) is 13.1 Å². The molecule has 0 amide bonds. The van der Waals surface area contributed by atoms with E-state index < -0.39 is 0 Å². The van der Waals surface area contributed by atoms with Crippen LogP contribution in [0.5, 0.6) is 0 Å². The van der Waals surface area contributed by atoms with Crippen LogP contribution in [0.25, 0.3) is 0 Å². The molecule has 16 heavy (non-hydrogen) atoms. The SMILES string of the molecule is NC(CC1CCNCC1)c1ccc(Br)cc1. The summed E-state index contributed by atoms with van der Waals surface area (Å²) in [5.74, 6) is 0.792. The van der Waals surface area contributed by atoms with Crippen LogP contribution in [-0.2, 0) is 0 Å². The second kappa shape index (κ2) is 5.80. The van der Waals surface area contributed by atoms with Crippen LogP contribution in [0, 0.1) is 5.92 Å². The molecule has 0 saturated carbocycles. The van der Waals surface area contributed by atoms with E-state index in [1.165, 1.54) is 18.4 Å². The summed E-state index contributed by atoms with van der Waals surface area (Å²) in [5, 5.41) is 3.39. The average Bonchev–Trinajstić information content (AvgIpc) is 2.31. The molecule has 3 N–H and O–H groups in total. The van der Waals surface area contributed by atoms with E-state index in [2.05, 4.69) is 45.5 Å². The Bertz CT molecular complexity index is 317. The first-order chi connectivity index (χ1) is 7.75. The highest BCUT2D eigenvalue weighted by Gasteiger charge is 2.17. The van der Waals surface area contributed by atoms with Crippen LogP contribution in [0.4, 0.5) is 0 Å². The van der Waals surface area contributed by atoms with Crippen molar-refractivity contribution >= 4 is 15.9 Å². The van der Waals surface area contributed by atoms with E-state index in [1.807, 2.05) is 0 Å². The van der Waals surface area contributed by atoms with E-state index in [0.29, 0.717) is 0 Å². The molecule has 1 aliphatic rings. The highest BCUT2D eigenvalue weighted by Crippen LogP contribution is 2.25. The zero-order valence-electron chi connectivity index (χ0n) is 9.45. The predicted octanol–water partition coefficient (Wildman–Crippen LogP) is 2.84. The number of hydrogen-bond donors (Lipinski definition) is 2. The van der Waals surface area contributed by atoms with Crippen molar-refractivity contribution in [1.82, 2.24) is 5.32 Å². The van der Waals surface area contributed by atoms with E-state index in [9.17, 15) is 0 Å². The number of nitrogens with two attached hydrogens (primary N) is 1. The van der Waals surface area contributed by atoms with Crippen molar-refractivity contribution in [2.45, 2.75) is 25.3 Å². The van der Waals surface area contributed by atoms with Gasteiger partial charge in [-0.05, 0) is 56.0 Å². The second-order valence-corrected chi connectivity index (χ2v) is 5.50. The van der Waals surface area contributed by atoms with Crippen LogP contribution in [0.2, 0.25) is 0 Å². The van der Waals surface area contributed by atoms with E-state index in [1.54, 1.807) is 0 Å². The molecular formula is C13H19BrN2. The minimum Gasteiger partial charge on any atom is -0.324 e. The van der Waals surface area contributed by atoms with Gasteiger partial charge < -0.3 is 11.1 Å². The summed E-state index contributed by atoms with van der Waals surface area (Å²) in [5.41, 5.74) is 7.49. The van der Waals surface area contributed by atoms with Gasteiger partial charge in [0.25, 0.3) is 0 Å². The fourth-order valence-electron chi connectivity index (χ4n) is 2.32. The van der Waals surface area contributed by atoms with Gasteiger partial charge in [-0.15, -0.1) is 0 Å². The Kier molecular flexibility index (Phi) is 4.38. The molecule has 0 spiro atoms. The molecule has 1 heterocycles. The van der Waals surface area contributed by atoms with Crippen LogP contribution < -0.4 is 11.1 Å². The van der Waals surface area contributed by atoms with E-state index in [-0.39, 0.29) is 6.04 Å². The third kappa shape index (κ3) is 3.30. The van der Waals surface area contributed by atoms with Crippen molar-refractivity contribution in [3.63, 3.8) is 0 Å². The quantitative estimate of drug-likeness (QED) is 0.895. The van der Waals surface area contributed by atoms with Crippen LogP contribution in [-0.4, -0.2) is 13.1 Å². The molecule has 1 aromatic rings. The Hall–Kier alpha value is -0.380. The Labute approximate surface area is 106 Å². The molecule has 0 bridgehead atoms. The molecule has 1 aliphatic heterocycles. The average molecular weight is 283 g/mol. The molecule has 1 unspecified atom stereocenters. The van der Waals surface area contributed by atoms with Crippen molar-refractivity contribution in [2.24, 2.45) is 11.7 Å². The maximum Gasteiger partial charge on any atom is 0.0297 e. The monoisotopic (exact) mass is 282 g/mol. The molecule has 0 aromatic heterocycles. The first-order valence-corrected chi connectivity index (χ1v) is 6.77. The summed E-state index contributed by atoms with van der Waals surface area (Å²) in [4.78, 5) is 0. The third-order valence-electron chi connectivity index (χ3n) is 3.34. The summed E-state index contributed by atoms with van der Waals surface area (Å²) in [6.07, 6.45) is 3.65. The van der Waals surface area contributed by atoms with E-state index in [0.717, 1.165) is 29.9 Å². The fraction of sp³-hybridized carbons (Fsp3) is 0.538. The summed E-state index contributed by atoms with van der Waals surface area (Å²) >= 11 is 3.44. The van der Waals surface area contributed by atoms with Crippen LogP contribution in [0.15, 0.2) is 28.7 Å². The zero-order valence-corrected chi connectivity index (χ0v) is 11.0. The summed E-state index contributed by atoms with van der Waals surface area (Å²) < 4.78 is 1.12. The maximum absolute atomic E-state index is 6.24. The van der Waals surface area contributed by atoms with Crippen molar-refractivity contribution < 1.29 is 0 Å². The van der Waals surface area contributed by atoms with Gasteiger partial charge in [0, 0.05) is 10.5 Å². The highest BCUT2D eigenvalue weighted by molar-refractivity contribution is 9.10. The van der Waals surface area contributed by atoms with Crippen LogP contribution in [0.1, 0.15) is 30.9 Å². The van der Waals surface area contributed by atoms with Gasteiger partial charge in [0.05, 0.1) is 0 Å². The lowest BCUT2D eigenvalue weighted by molar-refractivity contribution is 0.333. The van der Waals surface area contributed by atoms with Crippen LogP contribution in [0.3, 0.4) is 0 Å². The smallest absolute Gasteiger partial charge is 0.0297 e. The van der Waals surface area contributed by atoms with E-state index >= 15 is 0 Å². The van der Waals surface area contributed by atoms with Gasteiger partial charge in [-0.2, -0.15) is 0 Å². The van der Waals surface area contributed by atoms with E-state index in [4.69, 9.17) is 5.73 Å². The normalized spacial score (nSPS) is 19.6.